The molecular formula is C11H21N5. The van der Waals surface area contributed by atoms with Gasteiger partial charge >= 0.3 is 0 Å². The van der Waals surface area contributed by atoms with Crippen LogP contribution < -0.4 is 10.6 Å². The van der Waals surface area contributed by atoms with E-state index in [4.69, 9.17) is 0 Å². The smallest absolute Gasteiger partial charge is 0.191 e. The van der Waals surface area contributed by atoms with Crippen molar-refractivity contribution < 1.29 is 0 Å². The Kier molecular flexibility index (Phi) is 4.34. The third-order valence-corrected chi connectivity index (χ3v) is 2.66. The minimum absolute atomic E-state index is 0.755. The molecule has 1 rings (SSSR count). The first-order chi connectivity index (χ1) is 7.60. The van der Waals surface area contributed by atoms with Gasteiger partial charge in [0.15, 0.2) is 5.96 Å². The summed E-state index contributed by atoms with van der Waals surface area (Å²) in [6.07, 6.45) is 0. The van der Waals surface area contributed by atoms with Crippen molar-refractivity contribution in [2.24, 2.45) is 12.0 Å². The standard InChI is InChI=1S/C11H21N5/c1-6-13-11(12-4)14-7-10-8(2)15-16(5)9(10)3/h6-7H2,1-5H3,(H2,12,13,14). The van der Waals surface area contributed by atoms with Gasteiger partial charge in [-0.3, -0.25) is 9.67 Å². The first-order valence-corrected chi connectivity index (χ1v) is 5.53. The lowest BCUT2D eigenvalue weighted by Gasteiger charge is -2.10. The van der Waals surface area contributed by atoms with Crippen LogP contribution in [0.3, 0.4) is 0 Å². The molecule has 90 valence electrons. The molecular weight excluding hydrogens is 202 g/mol. The van der Waals surface area contributed by atoms with E-state index in [1.165, 1.54) is 11.3 Å². The van der Waals surface area contributed by atoms with Gasteiger partial charge in [0.2, 0.25) is 0 Å². The molecule has 5 heteroatoms. The molecule has 1 aromatic rings. The Morgan fingerprint density at radius 3 is 2.50 bits per heavy atom. The normalized spacial score (nSPS) is 11.7. The molecule has 0 amide bonds. The van der Waals surface area contributed by atoms with E-state index in [9.17, 15) is 0 Å². The topological polar surface area (TPSA) is 54.2 Å². The number of hydrogen-bond donors (Lipinski definition) is 2. The molecule has 1 aromatic heterocycles. The zero-order valence-electron chi connectivity index (χ0n) is 10.8. The van der Waals surface area contributed by atoms with Crippen molar-refractivity contribution in [2.75, 3.05) is 13.6 Å². The summed E-state index contributed by atoms with van der Waals surface area (Å²) in [5.41, 5.74) is 3.50. The van der Waals surface area contributed by atoms with Crippen LogP contribution >= 0.6 is 0 Å². The van der Waals surface area contributed by atoms with Crippen LogP contribution in [0.25, 0.3) is 0 Å². The molecule has 0 saturated heterocycles. The van der Waals surface area contributed by atoms with E-state index >= 15 is 0 Å². The van der Waals surface area contributed by atoms with Gasteiger partial charge in [-0.2, -0.15) is 5.10 Å². The molecule has 0 saturated carbocycles. The highest BCUT2D eigenvalue weighted by atomic mass is 15.3. The zero-order chi connectivity index (χ0) is 12.1. The SMILES string of the molecule is CCNC(=NC)NCc1c(C)nn(C)c1C. The fourth-order valence-electron chi connectivity index (χ4n) is 1.63. The number of hydrogen-bond acceptors (Lipinski definition) is 2. The molecule has 0 atom stereocenters. The molecule has 0 unspecified atom stereocenters. The van der Waals surface area contributed by atoms with E-state index in [2.05, 4.69) is 27.6 Å². The zero-order valence-corrected chi connectivity index (χ0v) is 10.8. The Bertz CT molecular complexity index is 378. The highest BCUT2D eigenvalue weighted by Gasteiger charge is 2.09. The quantitative estimate of drug-likeness (QED) is 0.586. The van der Waals surface area contributed by atoms with Gasteiger partial charge in [0.05, 0.1) is 5.69 Å². The van der Waals surface area contributed by atoms with Crippen LogP contribution in [0.4, 0.5) is 0 Å². The summed E-state index contributed by atoms with van der Waals surface area (Å²) in [4.78, 5) is 4.13. The Labute approximate surface area is 97.0 Å². The van der Waals surface area contributed by atoms with Crippen molar-refractivity contribution >= 4 is 5.96 Å². The van der Waals surface area contributed by atoms with Crippen LogP contribution in [0.5, 0.6) is 0 Å². The van der Waals surface area contributed by atoms with Crippen LogP contribution in [0.2, 0.25) is 0 Å². The van der Waals surface area contributed by atoms with Gasteiger partial charge in [-0.25, -0.2) is 0 Å². The van der Waals surface area contributed by atoms with E-state index in [0.29, 0.717) is 0 Å². The number of aliphatic imine (C=N–C) groups is 1. The summed E-state index contributed by atoms with van der Waals surface area (Å²) < 4.78 is 1.91. The molecule has 0 aliphatic carbocycles. The van der Waals surface area contributed by atoms with Gasteiger partial charge in [-0.15, -0.1) is 0 Å². The molecule has 16 heavy (non-hydrogen) atoms. The predicted molar refractivity (Wildman–Crippen MR) is 66.6 cm³/mol. The van der Waals surface area contributed by atoms with Crippen LogP contribution in [0.1, 0.15) is 23.9 Å². The highest BCUT2D eigenvalue weighted by molar-refractivity contribution is 5.79. The molecule has 5 nitrogen and oxygen atoms in total. The Balaban J connectivity index is 2.67. The lowest BCUT2D eigenvalue weighted by atomic mass is 10.2. The minimum atomic E-state index is 0.755. The average Bonchev–Trinajstić information content (AvgIpc) is 2.49. The number of guanidine groups is 1. The first-order valence-electron chi connectivity index (χ1n) is 5.53. The summed E-state index contributed by atoms with van der Waals surface area (Å²) in [5.74, 6) is 0.824. The van der Waals surface area contributed by atoms with Crippen molar-refractivity contribution in [3.63, 3.8) is 0 Å². The molecule has 0 aromatic carbocycles. The maximum Gasteiger partial charge on any atom is 0.191 e. The molecule has 2 N–H and O–H groups in total. The Hall–Kier alpha value is -1.52. The van der Waals surface area contributed by atoms with E-state index in [-0.39, 0.29) is 0 Å². The third kappa shape index (κ3) is 2.74. The van der Waals surface area contributed by atoms with Gasteiger partial charge in [-0.05, 0) is 20.8 Å². The molecule has 0 aliphatic heterocycles. The van der Waals surface area contributed by atoms with Crippen LogP contribution in [-0.2, 0) is 13.6 Å². The number of nitrogens with one attached hydrogen (secondary N) is 2. The fraction of sp³-hybridized carbons (Fsp3) is 0.636. The van der Waals surface area contributed by atoms with Crippen LogP contribution in [-0.4, -0.2) is 29.3 Å². The molecule has 0 spiro atoms. The van der Waals surface area contributed by atoms with E-state index in [1.54, 1.807) is 7.05 Å². The molecule has 0 fully saturated rings. The lowest BCUT2D eigenvalue weighted by molar-refractivity contribution is 0.728. The number of nitrogens with zero attached hydrogens (tertiary/aromatic N) is 3. The number of rotatable bonds is 3. The fourth-order valence-corrected chi connectivity index (χ4v) is 1.63. The molecule has 1 heterocycles. The Morgan fingerprint density at radius 1 is 1.38 bits per heavy atom. The Morgan fingerprint density at radius 2 is 2.06 bits per heavy atom. The van der Waals surface area contributed by atoms with Gasteiger partial charge in [0, 0.05) is 38.4 Å². The number of aromatic nitrogens is 2. The van der Waals surface area contributed by atoms with Crippen molar-refractivity contribution in [2.45, 2.75) is 27.3 Å². The predicted octanol–water partition coefficient (Wildman–Crippen LogP) is 0.722. The number of aryl methyl sites for hydroxylation is 2. The average molecular weight is 223 g/mol. The lowest BCUT2D eigenvalue weighted by Crippen LogP contribution is -2.36. The summed E-state index contributed by atoms with van der Waals surface area (Å²) in [6, 6.07) is 0. The van der Waals surface area contributed by atoms with Crippen LogP contribution in [0, 0.1) is 13.8 Å². The van der Waals surface area contributed by atoms with E-state index < -0.39 is 0 Å². The maximum atomic E-state index is 4.38. The molecule has 0 aliphatic rings. The second-order valence-corrected chi connectivity index (χ2v) is 3.73. The second-order valence-electron chi connectivity index (χ2n) is 3.73. The van der Waals surface area contributed by atoms with E-state index in [0.717, 1.165) is 24.7 Å². The van der Waals surface area contributed by atoms with Crippen molar-refractivity contribution in [3.05, 3.63) is 17.0 Å². The molecule has 0 bridgehead atoms. The van der Waals surface area contributed by atoms with Gasteiger partial charge in [-0.1, -0.05) is 0 Å². The van der Waals surface area contributed by atoms with Gasteiger partial charge < -0.3 is 10.6 Å². The first kappa shape index (κ1) is 12.5. The maximum absolute atomic E-state index is 4.38. The second kappa shape index (κ2) is 5.53. The van der Waals surface area contributed by atoms with Gasteiger partial charge in [0.25, 0.3) is 0 Å². The summed E-state index contributed by atoms with van der Waals surface area (Å²) in [5, 5.41) is 10.8. The van der Waals surface area contributed by atoms with E-state index in [1.807, 2.05) is 25.6 Å². The molecule has 0 radical (unpaired) electrons. The van der Waals surface area contributed by atoms with Crippen molar-refractivity contribution in [1.29, 1.82) is 0 Å². The summed E-state index contributed by atoms with van der Waals surface area (Å²) >= 11 is 0. The summed E-state index contributed by atoms with van der Waals surface area (Å²) in [7, 11) is 3.74. The minimum Gasteiger partial charge on any atom is -0.357 e. The van der Waals surface area contributed by atoms with Crippen molar-refractivity contribution in [1.82, 2.24) is 20.4 Å². The van der Waals surface area contributed by atoms with Gasteiger partial charge in [0.1, 0.15) is 0 Å². The summed E-state index contributed by atoms with van der Waals surface area (Å²) in [6.45, 7) is 7.77. The monoisotopic (exact) mass is 223 g/mol. The highest BCUT2D eigenvalue weighted by Crippen LogP contribution is 2.10. The largest absolute Gasteiger partial charge is 0.357 e. The van der Waals surface area contributed by atoms with Crippen LogP contribution in [0.15, 0.2) is 4.99 Å². The van der Waals surface area contributed by atoms with Crippen molar-refractivity contribution in [3.8, 4) is 0 Å². The third-order valence-electron chi connectivity index (χ3n) is 2.66.